The second-order valence-corrected chi connectivity index (χ2v) is 6.67. The van der Waals surface area contributed by atoms with Crippen molar-refractivity contribution < 1.29 is 17.9 Å². The van der Waals surface area contributed by atoms with E-state index in [-0.39, 0.29) is 10.5 Å². The highest BCUT2D eigenvalue weighted by Gasteiger charge is 2.22. The van der Waals surface area contributed by atoms with Gasteiger partial charge in [0.05, 0.1) is 17.6 Å². The molecule has 0 spiro atoms. The molecule has 5 nitrogen and oxygen atoms in total. The Balaban J connectivity index is 2.54. The van der Waals surface area contributed by atoms with Gasteiger partial charge in [0.15, 0.2) is 0 Å². The Bertz CT molecular complexity index is 801. The average molecular weight is 319 g/mol. The topological polar surface area (TPSA) is 65.4 Å². The van der Waals surface area contributed by atoms with E-state index in [0.717, 1.165) is 9.54 Å². The maximum absolute atomic E-state index is 12.6. The number of carbonyl (C=O) groups is 1. The van der Waals surface area contributed by atoms with Crippen molar-refractivity contribution in [3.63, 3.8) is 0 Å². The number of benzene rings is 1. The number of aromatic nitrogens is 1. The summed E-state index contributed by atoms with van der Waals surface area (Å²) in [6.45, 7) is 5.49. The molecule has 2 rings (SSSR count). The monoisotopic (exact) mass is 319 g/mol. The number of hydrogen-bond donors (Lipinski definition) is 0. The number of ether oxygens (including phenoxy) is 1. The Labute approximate surface area is 129 Å². The van der Waals surface area contributed by atoms with Crippen LogP contribution in [0.2, 0.25) is 0 Å². The zero-order valence-electron chi connectivity index (χ0n) is 12.4. The van der Waals surface area contributed by atoms with Crippen LogP contribution < -0.4 is 0 Å². The highest BCUT2D eigenvalue weighted by atomic mass is 32.2. The molecule has 0 saturated heterocycles. The Morgan fingerprint density at radius 2 is 1.91 bits per heavy atom. The van der Waals surface area contributed by atoms with E-state index < -0.39 is 16.0 Å². The summed E-state index contributed by atoms with van der Waals surface area (Å²) in [5, 5.41) is 0. The largest absolute Gasteiger partial charge is 0.465 e. The number of allylic oxidation sites excluding steroid dienone is 1. The molecule has 1 aromatic carbocycles. The Morgan fingerprint density at radius 3 is 2.45 bits per heavy atom. The standard InChI is InChI=1S/C16H17NO4S/c1-4-5-13-10-17(11-15(13)16(18)21-3)22(19,20)14-8-6-12(2)7-9-14/h4,6-11H,1,5H2,2-3H3. The van der Waals surface area contributed by atoms with Crippen LogP contribution in [0.5, 0.6) is 0 Å². The van der Waals surface area contributed by atoms with Crippen LogP contribution in [0.4, 0.5) is 0 Å². The summed E-state index contributed by atoms with van der Waals surface area (Å²) in [6.07, 6.45) is 4.68. The van der Waals surface area contributed by atoms with Crippen molar-refractivity contribution in [1.82, 2.24) is 3.97 Å². The number of carbonyl (C=O) groups excluding carboxylic acids is 1. The minimum Gasteiger partial charge on any atom is -0.465 e. The van der Waals surface area contributed by atoms with Crippen LogP contribution in [0.3, 0.4) is 0 Å². The van der Waals surface area contributed by atoms with Crippen LogP contribution in [-0.2, 0) is 21.2 Å². The van der Waals surface area contributed by atoms with E-state index in [0.29, 0.717) is 12.0 Å². The number of aryl methyl sites for hydroxylation is 1. The first-order chi connectivity index (χ1) is 10.4. The van der Waals surface area contributed by atoms with Gasteiger partial charge in [0.2, 0.25) is 0 Å². The Morgan fingerprint density at radius 1 is 1.27 bits per heavy atom. The first kappa shape index (κ1) is 16.0. The van der Waals surface area contributed by atoms with Gasteiger partial charge in [-0.15, -0.1) is 6.58 Å². The SMILES string of the molecule is C=CCc1cn(S(=O)(=O)c2ccc(C)cc2)cc1C(=O)OC. The maximum Gasteiger partial charge on any atom is 0.339 e. The van der Waals surface area contributed by atoms with Crippen LogP contribution in [0, 0.1) is 6.92 Å². The van der Waals surface area contributed by atoms with Crippen molar-refractivity contribution in [1.29, 1.82) is 0 Å². The lowest BCUT2D eigenvalue weighted by Gasteiger charge is -2.05. The minimum absolute atomic E-state index is 0.162. The van der Waals surface area contributed by atoms with E-state index in [1.165, 1.54) is 31.6 Å². The summed E-state index contributed by atoms with van der Waals surface area (Å²) in [6, 6.07) is 6.52. The highest BCUT2D eigenvalue weighted by molar-refractivity contribution is 7.90. The zero-order valence-corrected chi connectivity index (χ0v) is 13.3. The van der Waals surface area contributed by atoms with Crippen LogP contribution in [0.25, 0.3) is 0 Å². The maximum atomic E-state index is 12.6. The van der Waals surface area contributed by atoms with Gasteiger partial charge in [-0.25, -0.2) is 17.2 Å². The summed E-state index contributed by atoms with van der Waals surface area (Å²) in [5.74, 6) is -0.574. The average Bonchev–Trinajstić information content (AvgIpc) is 2.92. The molecule has 22 heavy (non-hydrogen) atoms. The highest BCUT2D eigenvalue weighted by Crippen LogP contribution is 2.20. The number of rotatable bonds is 5. The Hall–Kier alpha value is -2.34. The van der Waals surface area contributed by atoms with Gasteiger partial charge in [-0.2, -0.15) is 0 Å². The molecule has 0 bridgehead atoms. The molecule has 0 saturated carbocycles. The molecule has 0 aliphatic heterocycles. The lowest BCUT2D eigenvalue weighted by Crippen LogP contribution is -2.11. The lowest BCUT2D eigenvalue weighted by molar-refractivity contribution is 0.0600. The van der Waals surface area contributed by atoms with E-state index >= 15 is 0 Å². The second-order valence-electron chi connectivity index (χ2n) is 4.83. The molecule has 0 radical (unpaired) electrons. The fraction of sp³-hybridized carbons (Fsp3) is 0.188. The van der Waals surface area contributed by atoms with E-state index in [2.05, 4.69) is 11.3 Å². The minimum atomic E-state index is -3.74. The number of methoxy groups -OCH3 is 1. The third kappa shape index (κ3) is 2.96. The van der Waals surface area contributed by atoms with E-state index in [1.54, 1.807) is 18.2 Å². The van der Waals surface area contributed by atoms with Crippen molar-refractivity contribution in [2.75, 3.05) is 7.11 Å². The molecular formula is C16H17NO4S. The van der Waals surface area contributed by atoms with Gasteiger partial charge in [0.1, 0.15) is 0 Å². The normalized spacial score (nSPS) is 11.2. The van der Waals surface area contributed by atoms with Crippen molar-refractivity contribution in [2.45, 2.75) is 18.2 Å². The smallest absolute Gasteiger partial charge is 0.339 e. The third-order valence-corrected chi connectivity index (χ3v) is 4.89. The summed E-state index contributed by atoms with van der Waals surface area (Å²) < 4.78 is 31.0. The molecule has 0 atom stereocenters. The molecular weight excluding hydrogens is 302 g/mol. The molecule has 6 heteroatoms. The fourth-order valence-electron chi connectivity index (χ4n) is 2.05. The van der Waals surface area contributed by atoms with Crippen molar-refractivity contribution in [3.05, 3.63) is 66.0 Å². The summed E-state index contributed by atoms with van der Waals surface area (Å²) in [4.78, 5) is 11.9. The third-order valence-electron chi connectivity index (χ3n) is 3.25. The van der Waals surface area contributed by atoms with E-state index in [4.69, 9.17) is 0 Å². The van der Waals surface area contributed by atoms with E-state index in [1.807, 2.05) is 6.92 Å². The van der Waals surface area contributed by atoms with Crippen LogP contribution in [0.1, 0.15) is 21.5 Å². The molecule has 0 aliphatic rings. The molecule has 0 amide bonds. The van der Waals surface area contributed by atoms with Crippen molar-refractivity contribution in [3.8, 4) is 0 Å². The van der Waals surface area contributed by atoms with Gasteiger partial charge < -0.3 is 4.74 Å². The zero-order chi connectivity index (χ0) is 16.3. The van der Waals surface area contributed by atoms with Gasteiger partial charge in [0.25, 0.3) is 10.0 Å². The van der Waals surface area contributed by atoms with Crippen LogP contribution in [-0.4, -0.2) is 25.5 Å². The molecule has 0 N–H and O–H groups in total. The molecule has 0 fully saturated rings. The fourth-order valence-corrected chi connectivity index (χ4v) is 3.29. The number of esters is 1. The van der Waals surface area contributed by atoms with Gasteiger partial charge in [0, 0.05) is 12.4 Å². The molecule has 1 heterocycles. The number of hydrogen-bond acceptors (Lipinski definition) is 4. The van der Waals surface area contributed by atoms with Crippen molar-refractivity contribution in [2.24, 2.45) is 0 Å². The molecule has 0 unspecified atom stereocenters. The first-order valence-electron chi connectivity index (χ1n) is 6.62. The quantitative estimate of drug-likeness (QED) is 0.627. The lowest BCUT2D eigenvalue weighted by atomic mass is 10.1. The van der Waals surface area contributed by atoms with Crippen LogP contribution in [0.15, 0.2) is 54.2 Å². The summed E-state index contributed by atoms with van der Waals surface area (Å²) in [7, 11) is -2.49. The summed E-state index contributed by atoms with van der Waals surface area (Å²) in [5.41, 5.74) is 1.74. The molecule has 116 valence electrons. The molecule has 1 aromatic heterocycles. The summed E-state index contributed by atoms with van der Waals surface area (Å²) >= 11 is 0. The number of nitrogens with zero attached hydrogens (tertiary/aromatic N) is 1. The van der Waals surface area contributed by atoms with Gasteiger partial charge in [-0.05, 0) is 31.0 Å². The van der Waals surface area contributed by atoms with Gasteiger partial charge >= 0.3 is 5.97 Å². The predicted molar refractivity (Wildman–Crippen MR) is 83.4 cm³/mol. The van der Waals surface area contributed by atoms with Gasteiger partial charge in [-0.3, -0.25) is 0 Å². The predicted octanol–water partition coefficient (Wildman–Crippen LogP) is 2.55. The molecule has 0 aliphatic carbocycles. The van der Waals surface area contributed by atoms with E-state index in [9.17, 15) is 13.2 Å². The Kier molecular flexibility index (Phi) is 4.51. The van der Waals surface area contributed by atoms with Gasteiger partial charge in [-0.1, -0.05) is 23.8 Å². The molecule has 2 aromatic rings. The first-order valence-corrected chi connectivity index (χ1v) is 8.06. The van der Waals surface area contributed by atoms with Crippen molar-refractivity contribution >= 4 is 16.0 Å². The second kappa shape index (κ2) is 6.19. The van der Waals surface area contributed by atoms with Crippen LogP contribution >= 0.6 is 0 Å².